The second-order valence-corrected chi connectivity index (χ2v) is 9.43. The van der Waals surface area contributed by atoms with Gasteiger partial charge in [0, 0.05) is 24.2 Å². The van der Waals surface area contributed by atoms with Crippen LogP contribution < -0.4 is 0 Å². The van der Waals surface area contributed by atoms with Crippen LogP contribution in [-0.2, 0) is 24.2 Å². The molecule has 6 nitrogen and oxygen atoms in total. The summed E-state index contributed by atoms with van der Waals surface area (Å²) in [6.07, 6.45) is 14.0. The van der Waals surface area contributed by atoms with Crippen molar-refractivity contribution in [2.45, 2.75) is 70.8 Å². The number of carbonyl (C=O) groups is 2. The molecule has 164 valence electrons. The second kappa shape index (κ2) is 12.8. The molecule has 0 aromatic rings. The highest BCUT2D eigenvalue weighted by molar-refractivity contribution is 7.95. The third kappa shape index (κ3) is 9.09. The van der Waals surface area contributed by atoms with E-state index in [0.29, 0.717) is 31.3 Å². The topological polar surface area (TPSA) is 97.7 Å². The first-order chi connectivity index (χ1) is 13.7. The number of methoxy groups -OCH3 is 1. The Kier molecular flexibility index (Phi) is 11.1. The first-order valence-electron chi connectivity index (χ1n) is 10.3. The van der Waals surface area contributed by atoms with E-state index in [0.717, 1.165) is 38.4 Å². The van der Waals surface area contributed by atoms with Gasteiger partial charge in [-0.3, -0.25) is 9.59 Å². The summed E-state index contributed by atoms with van der Waals surface area (Å²) in [6.45, 7) is 2.09. The molecular formula is C22H34O6S. The van der Waals surface area contributed by atoms with Crippen LogP contribution in [0.25, 0.3) is 0 Å². The molecule has 0 fully saturated rings. The summed E-state index contributed by atoms with van der Waals surface area (Å²) in [5.41, 5.74) is 0.440. The highest BCUT2D eigenvalue weighted by Gasteiger charge is 2.33. The molecule has 0 aromatic heterocycles. The van der Waals surface area contributed by atoms with E-state index in [1.165, 1.54) is 13.2 Å². The number of aliphatic hydroxyl groups excluding tert-OH is 1. The number of aliphatic hydroxyl groups is 1. The summed E-state index contributed by atoms with van der Waals surface area (Å²) in [5.74, 6) is -1.14. The highest BCUT2D eigenvalue weighted by atomic mass is 32.2. The standard InChI is InChI=1S/C22H34O6S/c1-4-5-8-11-18(23)15-14-17-16-20(29(3,26)27)22(25)19(17)12-9-6-7-10-13-21(24)28-2/h12,14-18,23H,4-11,13H2,1-3H3. The Morgan fingerprint density at radius 1 is 1.24 bits per heavy atom. The minimum atomic E-state index is -3.60. The minimum absolute atomic E-state index is 0.176. The SMILES string of the molecule is CCCCCC(O)C=CC1C=C(S(C)(=O)=O)C(=O)C1=CCCCCCC(=O)OC. The molecule has 2 unspecified atom stereocenters. The van der Waals surface area contributed by atoms with Gasteiger partial charge in [0.1, 0.15) is 4.91 Å². The number of allylic oxidation sites excluding steroid dienone is 5. The van der Waals surface area contributed by atoms with E-state index in [9.17, 15) is 23.1 Å². The molecule has 1 N–H and O–H groups in total. The van der Waals surface area contributed by atoms with Crippen LogP contribution in [0.4, 0.5) is 0 Å². The number of rotatable bonds is 13. The summed E-state index contributed by atoms with van der Waals surface area (Å²) < 4.78 is 28.4. The Bertz CT molecular complexity index is 745. The maximum Gasteiger partial charge on any atom is 0.305 e. The van der Waals surface area contributed by atoms with Crippen LogP contribution in [0.15, 0.2) is 34.8 Å². The third-order valence-electron chi connectivity index (χ3n) is 4.90. The maximum atomic E-state index is 12.6. The monoisotopic (exact) mass is 426 g/mol. The molecule has 29 heavy (non-hydrogen) atoms. The molecule has 0 aliphatic heterocycles. The quantitative estimate of drug-likeness (QED) is 0.209. The number of ketones is 1. The zero-order valence-corrected chi connectivity index (χ0v) is 18.5. The number of carbonyl (C=O) groups excluding carboxylic acids is 2. The Labute approximate surface area is 174 Å². The van der Waals surface area contributed by atoms with Gasteiger partial charge in [-0.2, -0.15) is 0 Å². The first-order valence-corrected chi connectivity index (χ1v) is 12.2. The van der Waals surface area contributed by atoms with E-state index in [-0.39, 0.29) is 10.9 Å². The van der Waals surface area contributed by atoms with E-state index in [1.807, 2.05) is 0 Å². The van der Waals surface area contributed by atoms with E-state index in [4.69, 9.17) is 0 Å². The lowest BCUT2D eigenvalue weighted by Crippen LogP contribution is -2.10. The largest absolute Gasteiger partial charge is 0.469 e. The zero-order chi connectivity index (χ0) is 21.9. The van der Waals surface area contributed by atoms with Crippen LogP contribution in [0.3, 0.4) is 0 Å². The third-order valence-corrected chi connectivity index (χ3v) is 6.02. The molecule has 1 aliphatic rings. The maximum absolute atomic E-state index is 12.6. The molecule has 0 bridgehead atoms. The molecule has 1 rings (SSSR count). The zero-order valence-electron chi connectivity index (χ0n) is 17.7. The lowest BCUT2D eigenvalue weighted by Gasteiger charge is -2.08. The van der Waals surface area contributed by atoms with Gasteiger partial charge < -0.3 is 9.84 Å². The van der Waals surface area contributed by atoms with E-state index in [1.54, 1.807) is 18.2 Å². The fraction of sp³-hybridized carbons (Fsp3) is 0.636. The van der Waals surface area contributed by atoms with Gasteiger partial charge in [0.15, 0.2) is 9.84 Å². The van der Waals surface area contributed by atoms with Gasteiger partial charge in [0.25, 0.3) is 0 Å². The predicted molar refractivity (Wildman–Crippen MR) is 114 cm³/mol. The summed E-state index contributed by atoms with van der Waals surface area (Å²) in [4.78, 5) is 23.5. The van der Waals surface area contributed by atoms with Crippen LogP contribution in [0, 0.1) is 5.92 Å². The Hall–Kier alpha value is -1.73. The summed E-state index contributed by atoms with van der Waals surface area (Å²) in [6, 6.07) is 0. The molecule has 1 aliphatic carbocycles. The lowest BCUT2D eigenvalue weighted by atomic mass is 9.98. The van der Waals surface area contributed by atoms with Crippen molar-refractivity contribution in [3.05, 3.63) is 34.8 Å². The molecule has 0 heterocycles. The van der Waals surface area contributed by atoms with Crippen LogP contribution >= 0.6 is 0 Å². The Balaban J connectivity index is 2.75. The molecule has 0 saturated carbocycles. The number of ether oxygens (including phenoxy) is 1. The van der Waals surface area contributed by atoms with Crippen LogP contribution in [0.1, 0.15) is 64.7 Å². The van der Waals surface area contributed by atoms with Gasteiger partial charge in [-0.1, -0.05) is 56.9 Å². The lowest BCUT2D eigenvalue weighted by molar-refractivity contribution is -0.140. The normalized spacial score (nSPS) is 19.7. The van der Waals surface area contributed by atoms with E-state index >= 15 is 0 Å². The van der Waals surface area contributed by atoms with Gasteiger partial charge >= 0.3 is 5.97 Å². The number of Topliss-reactive ketones (excluding diaryl/α,β-unsaturated/α-hetero) is 1. The van der Waals surface area contributed by atoms with Crippen molar-refractivity contribution in [3.8, 4) is 0 Å². The molecule has 0 spiro atoms. The Morgan fingerprint density at radius 3 is 2.59 bits per heavy atom. The van der Waals surface area contributed by atoms with E-state index < -0.39 is 27.6 Å². The number of unbranched alkanes of at least 4 members (excludes halogenated alkanes) is 5. The smallest absolute Gasteiger partial charge is 0.305 e. The minimum Gasteiger partial charge on any atom is -0.469 e. The Morgan fingerprint density at radius 2 is 1.97 bits per heavy atom. The van der Waals surface area contributed by atoms with Crippen molar-refractivity contribution >= 4 is 21.6 Å². The van der Waals surface area contributed by atoms with E-state index in [2.05, 4.69) is 11.7 Å². The number of hydrogen-bond acceptors (Lipinski definition) is 6. The molecule has 7 heteroatoms. The number of sulfone groups is 1. The molecule has 0 amide bonds. The van der Waals surface area contributed by atoms with Gasteiger partial charge in [-0.05, 0) is 25.7 Å². The van der Waals surface area contributed by atoms with Crippen LogP contribution in [-0.4, -0.2) is 44.7 Å². The molecule has 2 atom stereocenters. The summed E-state index contributed by atoms with van der Waals surface area (Å²) >= 11 is 0. The van der Waals surface area contributed by atoms with Crippen molar-refractivity contribution in [1.29, 1.82) is 0 Å². The van der Waals surface area contributed by atoms with Crippen LogP contribution in [0.2, 0.25) is 0 Å². The molecule has 0 aromatic carbocycles. The van der Waals surface area contributed by atoms with Crippen molar-refractivity contribution in [1.82, 2.24) is 0 Å². The fourth-order valence-corrected chi connectivity index (χ4v) is 4.05. The number of esters is 1. The van der Waals surface area contributed by atoms with Gasteiger partial charge in [0.2, 0.25) is 5.78 Å². The second-order valence-electron chi connectivity index (χ2n) is 7.44. The first kappa shape index (κ1) is 25.3. The highest BCUT2D eigenvalue weighted by Crippen LogP contribution is 2.31. The predicted octanol–water partition coefficient (Wildman–Crippen LogP) is 3.66. The van der Waals surface area contributed by atoms with Gasteiger partial charge in [-0.25, -0.2) is 8.42 Å². The van der Waals surface area contributed by atoms with Crippen molar-refractivity contribution in [3.63, 3.8) is 0 Å². The van der Waals surface area contributed by atoms with Crippen molar-refractivity contribution < 1.29 is 27.9 Å². The molecule has 0 radical (unpaired) electrons. The van der Waals surface area contributed by atoms with Crippen molar-refractivity contribution in [2.24, 2.45) is 5.92 Å². The van der Waals surface area contributed by atoms with Crippen molar-refractivity contribution in [2.75, 3.05) is 13.4 Å². The summed E-state index contributed by atoms with van der Waals surface area (Å²) in [5, 5.41) is 10.1. The summed E-state index contributed by atoms with van der Waals surface area (Å²) in [7, 11) is -2.24. The number of hydrogen-bond donors (Lipinski definition) is 1. The molecular weight excluding hydrogens is 392 g/mol. The molecule has 0 saturated heterocycles. The average molecular weight is 427 g/mol. The fourth-order valence-electron chi connectivity index (χ4n) is 3.20. The average Bonchev–Trinajstić information content (AvgIpc) is 2.98. The van der Waals surface area contributed by atoms with Crippen LogP contribution in [0.5, 0.6) is 0 Å². The van der Waals surface area contributed by atoms with Gasteiger partial charge in [-0.15, -0.1) is 0 Å². The van der Waals surface area contributed by atoms with Gasteiger partial charge in [0.05, 0.1) is 13.2 Å².